The van der Waals surface area contributed by atoms with E-state index in [0.717, 1.165) is 31.5 Å². The van der Waals surface area contributed by atoms with Gasteiger partial charge in [-0.25, -0.2) is 0 Å². The van der Waals surface area contributed by atoms with Crippen LogP contribution in [-0.2, 0) is 11.2 Å². The van der Waals surface area contributed by atoms with Gasteiger partial charge in [0.05, 0.1) is 6.42 Å². The standard InChI is InChI=1S/C18H27N3O/c1-15(2)21-11-7-18(14-21)5-9-20(10-6-18)17(22)12-16-4-3-8-19-13-16/h3-4,8,13,15H,5-7,9-12,14H2,1-2H3. The summed E-state index contributed by atoms with van der Waals surface area (Å²) < 4.78 is 0. The summed E-state index contributed by atoms with van der Waals surface area (Å²) in [6.07, 6.45) is 7.65. The second-order valence-corrected chi connectivity index (χ2v) is 7.23. The number of nitrogens with zero attached hydrogens (tertiary/aromatic N) is 3. The van der Waals surface area contributed by atoms with Gasteiger partial charge in [-0.3, -0.25) is 9.78 Å². The third kappa shape index (κ3) is 3.32. The van der Waals surface area contributed by atoms with Crippen LogP contribution in [0, 0.1) is 5.41 Å². The van der Waals surface area contributed by atoms with Crippen LogP contribution in [0.1, 0.15) is 38.7 Å². The van der Waals surface area contributed by atoms with Crippen molar-refractivity contribution >= 4 is 5.91 Å². The van der Waals surface area contributed by atoms with Crippen molar-refractivity contribution in [3.63, 3.8) is 0 Å². The molecular weight excluding hydrogens is 274 g/mol. The smallest absolute Gasteiger partial charge is 0.227 e. The van der Waals surface area contributed by atoms with E-state index in [4.69, 9.17) is 0 Å². The molecule has 0 aromatic carbocycles. The fourth-order valence-corrected chi connectivity index (χ4v) is 3.84. The summed E-state index contributed by atoms with van der Waals surface area (Å²) in [5.41, 5.74) is 1.48. The molecule has 2 saturated heterocycles. The molecule has 0 unspecified atom stereocenters. The zero-order valence-corrected chi connectivity index (χ0v) is 13.8. The fraction of sp³-hybridized carbons (Fsp3) is 0.667. The van der Waals surface area contributed by atoms with Crippen molar-refractivity contribution in [1.82, 2.24) is 14.8 Å². The molecule has 2 fully saturated rings. The van der Waals surface area contributed by atoms with Crippen LogP contribution in [0.3, 0.4) is 0 Å². The zero-order chi connectivity index (χ0) is 15.6. The Balaban J connectivity index is 1.53. The van der Waals surface area contributed by atoms with Crippen LogP contribution in [0.15, 0.2) is 24.5 Å². The number of hydrogen-bond donors (Lipinski definition) is 0. The SMILES string of the molecule is CC(C)N1CCC2(CCN(C(=O)Cc3cccnc3)CC2)C1. The van der Waals surface area contributed by atoms with Gasteiger partial charge < -0.3 is 9.80 Å². The quantitative estimate of drug-likeness (QED) is 0.860. The Labute approximate surface area is 133 Å². The molecule has 22 heavy (non-hydrogen) atoms. The molecular formula is C18H27N3O. The first-order valence-electron chi connectivity index (χ1n) is 8.49. The van der Waals surface area contributed by atoms with Crippen molar-refractivity contribution in [2.24, 2.45) is 5.41 Å². The Morgan fingerprint density at radius 3 is 2.59 bits per heavy atom. The number of likely N-dealkylation sites (tertiary alicyclic amines) is 2. The maximum atomic E-state index is 12.4. The molecule has 3 heterocycles. The molecule has 0 aliphatic carbocycles. The lowest BCUT2D eigenvalue weighted by Gasteiger charge is -2.39. The molecule has 1 aromatic rings. The van der Waals surface area contributed by atoms with Crippen molar-refractivity contribution in [2.45, 2.75) is 45.6 Å². The van der Waals surface area contributed by atoms with E-state index < -0.39 is 0 Å². The highest BCUT2D eigenvalue weighted by molar-refractivity contribution is 5.78. The number of amides is 1. The Bertz CT molecular complexity index is 506. The second kappa shape index (κ2) is 6.37. The van der Waals surface area contributed by atoms with E-state index >= 15 is 0 Å². The third-order valence-electron chi connectivity index (χ3n) is 5.45. The van der Waals surface area contributed by atoms with Crippen LogP contribution >= 0.6 is 0 Å². The Morgan fingerprint density at radius 2 is 2.00 bits per heavy atom. The summed E-state index contributed by atoms with van der Waals surface area (Å²) in [7, 11) is 0. The minimum absolute atomic E-state index is 0.251. The number of carbonyl (C=O) groups is 1. The minimum atomic E-state index is 0.251. The van der Waals surface area contributed by atoms with Gasteiger partial charge in [-0.2, -0.15) is 0 Å². The molecule has 1 amide bonds. The molecule has 0 bridgehead atoms. The molecule has 4 nitrogen and oxygen atoms in total. The van der Waals surface area contributed by atoms with Crippen LogP contribution in [0.25, 0.3) is 0 Å². The van der Waals surface area contributed by atoms with Gasteiger partial charge in [0.2, 0.25) is 5.91 Å². The molecule has 3 rings (SSSR count). The summed E-state index contributed by atoms with van der Waals surface area (Å²) in [6.45, 7) is 8.85. The third-order valence-corrected chi connectivity index (χ3v) is 5.45. The van der Waals surface area contributed by atoms with Gasteiger partial charge in [-0.05, 0) is 56.7 Å². The molecule has 1 aromatic heterocycles. The van der Waals surface area contributed by atoms with Crippen LogP contribution in [0.2, 0.25) is 0 Å². The monoisotopic (exact) mass is 301 g/mol. The predicted molar refractivity (Wildman–Crippen MR) is 87.5 cm³/mol. The normalized spacial score (nSPS) is 21.7. The topological polar surface area (TPSA) is 36.4 Å². The van der Waals surface area contributed by atoms with Crippen molar-refractivity contribution in [2.75, 3.05) is 26.2 Å². The first-order chi connectivity index (χ1) is 10.6. The number of rotatable bonds is 3. The average molecular weight is 301 g/mol. The Morgan fingerprint density at radius 1 is 1.27 bits per heavy atom. The van der Waals surface area contributed by atoms with Crippen LogP contribution in [-0.4, -0.2) is 52.9 Å². The van der Waals surface area contributed by atoms with Gasteiger partial charge in [0.15, 0.2) is 0 Å². The van der Waals surface area contributed by atoms with E-state index in [1.54, 1.807) is 12.4 Å². The van der Waals surface area contributed by atoms with Crippen molar-refractivity contribution in [3.05, 3.63) is 30.1 Å². The van der Waals surface area contributed by atoms with Crippen LogP contribution in [0.5, 0.6) is 0 Å². The molecule has 2 aliphatic rings. The maximum absolute atomic E-state index is 12.4. The van der Waals surface area contributed by atoms with Crippen molar-refractivity contribution in [1.29, 1.82) is 0 Å². The molecule has 0 saturated carbocycles. The van der Waals surface area contributed by atoms with E-state index in [9.17, 15) is 4.79 Å². The van der Waals surface area contributed by atoms with Crippen molar-refractivity contribution < 1.29 is 4.79 Å². The predicted octanol–water partition coefficient (Wildman–Crippen LogP) is 2.35. The minimum Gasteiger partial charge on any atom is -0.342 e. The second-order valence-electron chi connectivity index (χ2n) is 7.23. The van der Waals surface area contributed by atoms with Crippen LogP contribution < -0.4 is 0 Å². The maximum Gasteiger partial charge on any atom is 0.227 e. The molecule has 2 aliphatic heterocycles. The first-order valence-corrected chi connectivity index (χ1v) is 8.49. The van der Waals surface area contributed by atoms with E-state index in [-0.39, 0.29) is 5.91 Å². The summed E-state index contributed by atoms with van der Waals surface area (Å²) in [5, 5.41) is 0. The summed E-state index contributed by atoms with van der Waals surface area (Å²) in [5.74, 6) is 0.251. The van der Waals surface area contributed by atoms with Crippen molar-refractivity contribution in [3.8, 4) is 0 Å². The van der Waals surface area contributed by atoms with E-state index in [2.05, 4.69) is 28.6 Å². The van der Waals surface area contributed by atoms with E-state index in [0.29, 0.717) is 17.9 Å². The largest absolute Gasteiger partial charge is 0.342 e. The highest BCUT2D eigenvalue weighted by Gasteiger charge is 2.41. The number of pyridine rings is 1. The van der Waals surface area contributed by atoms with Gasteiger partial charge in [-0.1, -0.05) is 6.07 Å². The number of hydrogen-bond acceptors (Lipinski definition) is 3. The van der Waals surface area contributed by atoms with Gasteiger partial charge in [-0.15, -0.1) is 0 Å². The van der Waals surface area contributed by atoms with Gasteiger partial charge in [0, 0.05) is 38.1 Å². The Hall–Kier alpha value is -1.42. The zero-order valence-electron chi connectivity index (χ0n) is 13.8. The lowest BCUT2D eigenvalue weighted by Crippen LogP contribution is -2.45. The molecule has 4 heteroatoms. The lowest BCUT2D eigenvalue weighted by molar-refractivity contribution is -0.132. The Kier molecular flexibility index (Phi) is 4.48. The molecule has 120 valence electrons. The average Bonchev–Trinajstić information content (AvgIpc) is 2.93. The summed E-state index contributed by atoms with van der Waals surface area (Å²) in [4.78, 5) is 21.2. The number of piperidine rings is 1. The molecule has 0 radical (unpaired) electrons. The summed E-state index contributed by atoms with van der Waals surface area (Å²) in [6, 6.07) is 4.52. The summed E-state index contributed by atoms with van der Waals surface area (Å²) >= 11 is 0. The van der Waals surface area contributed by atoms with Gasteiger partial charge in [0.1, 0.15) is 0 Å². The number of aromatic nitrogens is 1. The fourth-order valence-electron chi connectivity index (χ4n) is 3.84. The molecule has 1 spiro atoms. The van der Waals surface area contributed by atoms with Crippen LogP contribution in [0.4, 0.5) is 0 Å². The molecule has 0 N–H and O–H groups in total. The molecule has 0 atom stereocenters. The van der Waals surface area contributed by atoms with Gasteiger partial charge in [0.25, 0.3) is 0 Å². The van der Waals surface area contributed by atoms with E-state index in [1.165, 1.54) is 19.5 Å². The first kappa shape index (κ1) is 15.5. The highest BCUT2D eigenvalue weighted by Crippen LogP contribution is 2.41. The lowest BCUT2D eigenvalue weighted by atomic mass is 9.77. The van der Waals surface area contributed by atoms with Gasteiger partial charge >= 0.3 is 0 Å². The highest BCUT2D eigenvalue weighted by atomic mass is 16.2. The number of carbonyl (C=O) groups excluding carboxylic acids is 1. The van der Waals surface area contributed by atoms with E-state index in [1.807, 2.05) is 12.1 Å².